The van der Waals surface area contributed by atoms with Gasteiger partial charge in [0, 0.05) is 12.1 Å². The summed E-state index contributed by atoms with van der Waals surface area (Å²) in [6.45, 7) is -0.622. The summed E-state index contributed by atoms with van der Waals surface area (Å²) in [5.74, 6) is 3.92. The fourth-order valence-corrected chi connectivity index (χ4v) is 1.43. The molecule has 0 fully saturated rings. The van der Waals surface area contributed by atoms with E-state index in [1.54, 1.807) is 0 Å². The molecular weight excluding hydrogens is 285 g/mol. The number of halogens is 3. The van der Waals surface area contributed by atoms with E-state index in [2.05, 4.69) is 21.9 Å². The van der Waals surface area contributed by atoms with Crippen LogP contribution in [0.5, 0.6) is 0 Å². The number of hydrogen-bond acceptors (Lipinski definition) is 3. The first-order valence-corrected chi connectivity index (χ1v) is 6.17. The third kappa shape index (κ3) is 6.29. The number of ether oxygens (including phenoxy) is 1. The molecule has 21 heavy (non-hydrogen) atoms. The molecule has 3 N–H and O–H groups in total. The number of rotatable bonds is 6. The first kappa shape index (κ1) is 17.0. The van der Waals surface area contributed by atoms with Gasteiger partial charge in [0.1, 0.15) is 12.4 Å². The summed E-state index contributed by atoms with van der Waals surface area (Å²) in [6, 6.07) is 3.86. The largest absolute Gasteiger partial charge is 0.374 e. The van der Waals surface area contributed by atoms with Crippen LogP contribution in [0.3, 0.4) is 0 Å². The molecule has 0 radical (unpaired) electrons. The molecule has 114 valence electrons. The molecule has 1 amide bonds. The Kier molecular flexibility index (Phi) is 7.29. The van der Waals surface area contributed by atoms with Crippen LogP contribution < -0.4 is 11.1 Å². The molecule has 0 saturated carbocycles. The van der Waals surface area contributed by atoms with E-state index in [4.69, 9.17) is 5.73 Å². The zero-order valence-electron chi connectivity index (χ0n) is 11.2. The molecule has 1 aromatic rings. The Bertz CT molecular complexity index is 539. The summed E-state index contributed by atoms with van der Waals surface area (Å²) in [7, 11) is 0. The van der Waals surface area contributed by atoms with E-state index in [1.165, 1.54) is 12.1 Å². The molecule has 1 rings (SSSR count). The van der Waals surface area contributed by atoms with Gasteiger partial charge < -0.3 is 15.8 Å². The Morgan fingerprint density at radius 3 is 2.86 bits per heavy atom. The molecule has 4 nitrogen and oxygen atoms in total. The van der Waals surface area contributed by atoms with Crippen molar-refractivity contribution in [2.24, 2.45) is 5.73 Å². The van der Waals surface area contributed by atoms with Crippen molar-refractivity contribution in [3.63, 3.8) is 0 Å². The maximum Gasteiger partial charge on any atom is 0.261 e. The van der Waals surface area contributed by atoms with Crippen molar-refractivity contribution in [2.45, 2.75) is 6.43 Å². The van der Waals surface area contributed by atoms with Gasteiger partial charge in [0.05, 0.1) is 18.7 Å². The van der Waals surface area contributed by atoms with Crippen molar-refractivity contribution in [3.05, 3.63) is 35.1 Å². The number of nitrogens with one attached hydrogen (secondary N) is 1. The van der Waals surface area contributed by atoms with Crippen LogP contribution in [0.1, 0.15) is 15.9 Å². The minimum absolute atomic E-state index is 0.00367. The molecular formula is C14H15F3N2O2. The number of benzene rings is 1. The summed E-state index contributed by atoms with van der Waals surface area (Å²) in [6.07, 6.45) is -2.56. The molecule has 0 spiro atoms. The monoisotopic (exact) mass is 300 g/mol. The van der Waals surface area contributed by atoms with Crippen LogP contribution in [0.4, 0.5) is 13.2 Å². The van der Waals surface area contributed by atoms with E-state index in [0.29, 0.717) is 5.56 Å². The molecule has 0 heterocycles. The zero-order chi connectivity index (χ0) is 15.7. The van der Waals surface area contributed by atoms with Crippen LogP contribution in [0.25, 0.3) is 0 Å². The highest BCUT2D eigenvalue weighted by molar-refractivity contribution is 5.94. The highest BCUT2D eigenvalue weighted by Crippen LogP contribution is 2.10. The predicted molar refractivity (Wildman–Crippen MR) is 71.5 cm³/mol. The lowest BCUT2D eigenvalue weighted by atomic mass is 10.1. The predicted octanol–water partition coefficient (Wildman–Crippen LogP) is 1.15. The number of nitrogens with two attached hydrogens (primary N) is 1. The van der Waals surface area contributed by atoms with Gasteiger partial charge in [-0.2, -0.15) is 0 Å². The molecule has 0 aromatic heterocycles. The summed E-state index contributed by atoms with van der Waals surface area (Å²) in [5.41, 5.74) is 5.51. The lowest BCUT2D eigenvalue weighted by Gasteiger charge is -2.07. The van der Waals surface area contributed by atoms with E-state index < -0.39 is 24.8 Å². The second-order valence-corrected chi connectivity index (χ2v) is 3.92. The quantitative estimate of drug-likeness (QED) is 0.612. The van der Waals surface area contributed by atoms with E-state index >= 15 is 0 Å². The second-order valence-electron chi connectivity index (χ2n) is 3.92. The molecule has 0 aliphatic rings. The minimum atomic E-state index is -2.56. The van der Waals surface area contributed by atoms with Gasteiger partial charge in [-0.3, -0.25) is 4.79 Å². The molecule has 0 bridgehead atoms. The van der Waals surface area contributed by atoms with Gasteiger partial charge in [0.15, 0.2) is 0 Å². The number of carbonyl (C=O) groups excluding carboxylic acids is 1. The van der Waals surface area contributed by atoms with Crippen molar-refractivity contribution in [1.29, 1.82) is 0 Å². The fourth-order valence-electron chi connectivity index (χ4n) is 1.43. The third-order valence-electron chi connectivity index (χ3n) is 2.32. The van der Waals surface area contributed by atoms with Crippen molar-refractivity contribution >= 4 is 5.91 Å². The van der Waals surface area contributed by atoms with Crippen LogP contribution in [0.15, 0.2) is 18.2 Å². The first-order chi connectivity index (χ1) is 10.0. The Morgan fingerprint density at radius 1 is 1.43 bits per heavy atom. The van der Waals surface area contributed by atoms with E-state index in [9.17, 15) is 18.0 Å². The van der Waals surface area contributed by atoms with Gasteiger partial charge in [-0.1, -0.05) is 11.8 Å². The normalized spacial score (nSPS) is 10.1. The van der Waals surface area contributed by atoms with Gasteiger partial charge >= 0.3 is 0 Å². The topological polar surface area (TPSA) is 64.4 Å². The van der Waals surface area contributed by atoms with Gasteiger partial charge in [0.25, 0.3) is 12.3 Å². The van der Waals surface area contributed by atoms with E-state index in [-0.39, 0.29) is 25.3 Å². The number of carbonyl (C=O) groups is 1. The lowest BCUT2D eigenvalue weighted by molar-refractivity contribution is 0.0188. The molecule has 7 heteroatoms. The van der Waals surface area contributed by atoms with Gasteiger partial charge in [-0.15, -0.1) is 0 Å². The maximum absolute atomic E-state index is 13.6. The number of alkyl halides is 2. The summed E-state index contributed by atoms with van der Waals surface area (Å²) < 4.78 is 41.8. The highest BCUT2D eigenvalue weighted by atomic mass is 19.3. The van der Waals surface area contributed by atoms with Crippen molar-refractivity contribution in [2.75, 3.05) is 26.3 Å². The molecule has 0 unspecified atom stereocenters. The summed E-state index contributed by atoms with van der Waals surface area (Å²) >= 11 is 0. The van der Waals surface area contributed by atoms with E-state index in [0.717, 1.165) is 6.07 Å². The van der Waals surface area contributed by atoms with Crippen LogP contribution in [-0.4, -0.2) is 38.6 Å². The molecule has 1 aromatic carbocycles. The van der Waals surface area contributed by atoms with Gasteiger partial charge in [-0.05, 0) is 18.2 Å². The van der Waals surface area contributed by atoms with Crippen molar-refractivity contribution in [3.8, 4) is 11.8 Å². The first-order valence-electron chi connectivity index (χ1n) is 6.17. The Balaban J connectivity index is 2.57. The van der Waals surface area contributed by atoms with Crippen molar-refractivity contribution in [1.82, 2.24) is 5.32 Å². The second kappa shape index (κ2) is 9.00. The zero-order valence-corrected chi connectivity index (χ0v) is 11.2. The van der Waals surface area contributed by atoms with E-state index in [1.807, 2.05) is 0 Å². The fraction of sp³-hybridized carbons (Fsp3) is 0.357. The van der Waals surface area contributed by atoms with Gasteiger partial charge in [-0.25, -0.2) is 13.2 Å². The van der Waals surface area contributed by atoms with Crippen LogP contribution in [0.2, 0.25) is 0 Å². The standard InChI is InChI=1S/C14H15F3N2O2/c15-12-4-3-10(2-1-5-18)8-11(12)14(20)19-6-7-21-9-13(16)17/h3-4,8,13H,5-7,9,18H2,(H,19,20). The smallest absolute Gasteiger partial charge is 0.261 e. The Labute approximate surface area is 120 Å². The minimum Gasteiger partial charge on any atom is -0.374 e. The highest BCUT2D eigenvalue weighted by Gasteiger charge is 2.11. The number of amides is 1. The number of hydrogen-bond donors (Lipinski definition) is 2. The van der Waals surface area contributed by atoms with Gasteiger partial charge in [0.2, 0.25) is 0 Å². The Morgan fingerprint density at radius 2 is 2.19 bits per heavy atom. The maximum atomic E-state index is 13.6. The van der Waals surface area contributed by atoms with Crippen LogP contribution in [-0.2, 0) is 4.74 Å². The summed E-state index contributed by atoms with van der Waals surface area (Å²) in [4.78, 5) is 11.8. The average molecular weight is 300 g/mol. The molecule has 0 saturated heterocycles. The Hall–Kier alpha value is -2.04. The molecule has 0 aliphatic carbocycles. The van der Waals surface area contributed by atoms with Crippen LogP contribution in [0, 0.1) is 17.7 Å². The average Bonchev–Trinajstić information content (AvgIpc) is 2.45. The molecule has 0 aliphatic heterocycles. The molecule has 0 atom stereocenters. The lowest BCUT2D eigenvalue weighted by Crippen LogP contribution is -2.28. The third-order valence-corrected chi connectivity index (χ3v) is 2.32. The SMILES string of the molecule is NCC#Cc1ccc(F)c(C(=O)NCCOCC(F)F)c1. The van der Waals surface area contributed by atoms with Crippen LogP contribution >= 0.6 is 0 Å². The summed E-state index contributed by atoms with van der Waals surface area (Å²) in [5, 5.41) is 2.38. The van der Waals surface area contributed by atoms with Crippen molar-refractivity contribution < 1.29 is 22.7 Å².